The molecule has 0 N–H and O–H groups in total. The summed E-state index contributed by atoms with van der Waals surface area (Å²) in [6.07, 6.45) is 3.95. The van der Waals surface area contributed by atoms with Gasteiger partial charge >= 0.3 is 0 Å². The number of rotatable bonds is 8. The van der Waals surface area contributed by atoms with Crippen molar-refractivity contribution in [3.63, 3.8) is 0 Å². The molecule has 26 heavy (non-hydrogen) atoms. The van der Waals surface area contributed by atoms with Crippen LogP contribution in [-0.2, 0) is 18.0 Å². The predicted octanol–water partition coefficient (Wildman–Crippen LogP) is 5.06. The van der Waals surface area contributed by atoms with Gasteiger partial charge in [-0.3, -0.25) is 4.79 Å². The molecule has 0 saturated carbocycles. The quantitative estimate of drug-likeness (QED) is 0.423. The maximum absolute atomic E-state index is 10.6. The Morgan fingerprint density at radius 3 is 1.85 bits per heavy atom. The van der Waals surface area contributed by atoms with Gasteiger partial charge in [0.1, 0.15) is 19.5 Å². The highest BCUT2D eigenvalue weighted by atomic mass is 16.5. The first kappa shape index (κ1) is 17.5. The second-order valence-corrected chi connectivity index (χ2v) is 5.75. The maximum Gasteiger partial charge on any atom is 0.162 e. The van der Waals surface area contributed by atoms with Gasteiger partial charge in [-0.2, -0.15) is 0 Å². The number of allylic oxidation sites excluding steroid dienone is 1. The Balaban J connectivity index is 1.77. The molecule has 3 nitrogen and oxygen atoms in total. The molecule has 130 valence electrons. The average molecular weight is 344 g/mol. The fourth-order valence-corrected chi connectivity index (χ4v) is 2.48. The Morgan fingerprint density at radius 1 is 0.692 bits per heavy atom. The SMILES string of the molecule is O=CC=Cc1ccc(OCc2ccccc2)c(OCc2ccccc2)c1. The lowest BCUT2D eigenvalue weighted by atomic mass is 10.2. The lowest BCUT2D eigenvalue weighted by molar-refractivity contribution is -0.104. The summed E-state index contributed by atoms with van der Waals surface area (Å²) in [4.78, 5) is 10.6. The van der Waals surface area contributed by atoms with Gasteiger partial charge in [0, 0.05) is 0 Å². The molecule has 0 aromatic heterocycles. The molecule has 0 atom stereocenters. The van der Waals surface area contributed by atoms with Crippen LogP contribution in [0.15, 0.2) is 84.9 Å². The molecule has 3 aromatic carbocycles. The zero-order valence-electron chi connectivity index (χ0n) is 14.4. The zero-order chi connectivity index (χ0) is 18.0. The number of hydrogen-bond donors (Lipinski definition) is 0. The summed E-state index contributed by atoms with van der Waals surface area (Å²) in [5.41, 5.74) is 3.05. The standard InChI is InChI=1S/C23H20O3/c24-15-7-12-19-13-14-22(25-17-20-8-3-1-4-9-20)23(16-19)26-18-21-10-5-2-6-11-21/h1-16H,17-18H2. The molecule has 3 aromatic rings. The molecule has 0 amide bonds. The van der Waals surface area contributed by atoms with E-state index in [0.717, 1.165) is 23.0 Å². The minimum absolute atomic E-state index is 0.448. The molecular formula is C23H20O3. The van der Waals surface area contributed by atoms with Gasteiger partial charge in [-0.05, 0) is 34.9 Å². The van der Waals surface area contributed by atoms with Gasteiger partial charge in [-0.15, -0.1) is 0 Å². The van der Waals surface area contributed by atoms with Crippen molar-refractivity contribution >= 4 is 12.4 Å². The molecule has 0 aliphatic heterocycles. The average Bonchev–Trinajstić information content (AvgIpc) is 2.71. The number of benzene rings is 3. The van der Waals surface area contributed by atoms with E-state index in [1.165, 1.54) is 6.08 Å². The van der Waals surface area contributed by atoms with E-state index in [0.29, 0.717) is 24.7 Å². The van der Waals surface area contributed by atoms with Crippen LogP contribution >= 0.6 is 0 Å². The topological polar surface area (TPSA) is 35.5 Å². The number of ether oxygens (including phenoxy) is 2. The van der Waals surface area contributed by atoms with Crippen LogP contribution in [0, 0.1) is 0 Å². The molecule has 0 fully saturated rings. The van der Waals surface area contributed by atoms with Gasteiger partial charge in [0.05, 0.1) is 0 Å². The van der Waals surface area contributed by atoms with Crippen molar-refractivity contribution in [2.24, 2.45) is 0 Å². The van der Waals surface area contributed by atoms with E-state index >= 15 is 0 Å². The highest BCUT2D eigenvalue weighted by Crippen LogP contribution is 2.30. The first-order valence-corrected chi connectivity index (χ1v) is 8.44. The monoisotopic (exact) mass is 344 g/mol. The second kappa shape index (κ2) is 9.23. The second-order valence-electron chi connectivity index (χ2n) is 5.75. The summed E-state index contributed by atoms with van der Waals surface area (Å²) >= 11 is 0. The fourth-order valence-electron chi connectivity index (χ4n) is 2.48. The summed E-state index contributed by atoms with van der Waals surface area (Å²) in [5, 5.41) is 0. The number of aldehydes is 1. The zero-order valence-corrected chi connectivity index (χ0v) is 14.4. The Kier molecular flexibility index (Phi) is 6.21. The molecular weight excluding hydrogens is 324 g/mol. The van der Waals surface area contributed by atoms with Crippen LogP contribution in [0.1, 0.15) is 16.7 Å². The van der Waals surface area contributed by atoms with Gasteiger partial charge in [-0.1, -0.05) is 72.8 Å². The summed E-state index contributed by atoms with van der Waals surface area (Å²) < 4.78 is 11.9. The van der Waals surface area contributed by atoms with Crippen LogP contribution in [-0.4, -0.2) is 6.29 Å². The van der Waals surface area contributed by atoms with E-state index < -0.39 is 0 Å². The van der Waals surface area contributed by atoms with Crippen molar-refractivity contribution in [3.8, 4) is 11.5 Å². The normalized spacial score (nSPS) is 10.6. The van der Waals surface area contributed by atoms with Crippen molar-refractivity contribution in [1.29, 1.82) is 0 Å². The highest BCUT2D eigenvalue weighted by molar-refractivity contribution is 5.74. The fraction of sp³-hybridized carbons (Fsp3) is 0.0870. The summed E-state index contributed by atoms with van der Waals surface area (Å²) in [6, 6.07) is 25.6. The third-order valence-electron chi connectivity index (χ3n) is 3.81. The molecule has 0 bridgehead atoms. The summed E-state index contributed by atoms with van der Waals surface area (Å²) in [7, 11) is 0. The van der Waals surface area contributed by atoms with E-state index in [4.69, 9.17) is 9.47 Å². The van der Waals surface area contributed by atoms with Crippen molar-refractivity contribution < 1.29 is 14.3 Å². The van der Waals surface area contributed by atoms with Crippen LogP contribution in [0.3, 0.4) is 0 Å². The lowest BCUT2D eigenvalue weighted by Crippen LogP contribution is -2.00. The number of carbonyl (C=O) groups excluding carboxylic acids is 1. The smallest absolute Gasteiger partial charge is 0.162 e. The first-order valence-electron chi connectivity index (χ1n) is 8.44. The Hall–Kier alpha value is -3.33. The van der Waals surface area contributed by atoms with E-state index in [1.54, 1.807) is 6.08 Å². The molecule has 3 rings (SSSR count). The summed E-state index contributed by atoms with van der Waals surface area (Å²) in [6.45, 7) is 0.912. The highest BCUT2D eigenvalue weighted by Gasteiger charge is 2.07. The number of carbonyl (C=O) groups is 1. The minimum Gasteiger partial charge on any atom is -0.485 e. The molecule has 0 aliphatic rings. The summed E-state index contributed by atoms with van der Waals surface area (Å²) in [5.74, 6) is 1.32. The van der Waals surface area contributed by atoms with Crippen LogP contribution in [0.4, 0.5) is 0 Å². The van der Waals surface area contributed by atoms with Gasteiger partial charge in [0.15, 0.2) is 11.5 Å². The lowest BCUT2D eigenvalue weighted by Gasteiger charge is -2.14. The van der Waals surface area contributed by atoms with Crippen molar-refractivity contribution in [3.05, 3.63) is 102 Å². The van der Waals surface area contributed by atoms with E-state index in [2.05, 4.69) is 0 Å². The molecule has 3 heteroatoms. The minimum atomic E-state index is 0.448. The first-order chi connectivity index (χ1) is 12.8. The van der Waals surface area contributed by atoms with Crippen LogP contribution in [0.2, 0.25) is 0 Å². The maximum atomic E-state index is 10.6. The largest absolute Gasteiger partial charge is 0.485 e. The van der Waals surface area contributed by atoms with Gasteiger partial charge in [0.2, 0.25) is 0 Å². The third kappa shape index (κ3) is 5.08. The molecule has 0 radical (unpaired) electrons. The Bertz CT molecular complexity index is 855. The van der Waals surface area contributed by atoms with Crippen molar-refractivity contribution in [1.82, 2.24) is 0 Å². The molecule has 0 saturated heterocycles. The Labute approximate surface area is 153 Å². The van der Waals surface area contributed by atoms with Crippen LogP contribution < -0.4 is 9.47 Å². The predicted molar refractivity (Wildman–Crippen MR) is 103 cm³/mol. The van der Waals surface area contributed by atoms with E-state index in [9.17, 15) is 4.79 Å². The van der Waals surface area contributed by atoms with Crippen LogP contribution in [0.5, 0.6) is 11.5 Å². The molecule has 0 aliphatic carbocycles. The van der Waals surface area contributed by atoms with Crippen molar-refractivity contribution in [2.75, 3.05) is 0 Å². The Morgan fingerprint density at radius 2 is 1.27 bits per heavy atom. The molecule has 0 spiro atoms. The molecule has 0 heterocycles. The van der Waals surface area contributed by atoms with Gasteiger partial charge in [0.25, 0.3) is 0 Å². The number of hydrogen-bond acceptors (Lipinski definition) is 3. The third-order valence-corrected chi connectivity index (χ3v) is 3.81. The molecule has 0 unspecified atom stereocenters. The van der Waals surface area contributed by atoms with Gasteiger partial charge < -0.3 is 9.47 Å². The van der Waals surface area contributed by atoms with Crippen molar-refractivity contribution in [2.45, 2.75) is 13.2 Å². The van der Waals surface area contributed by atoms with E-state index in [1.807, 2.05) is 78.9 Å². The van der Waals surface area contributed by atoms with Gasteiger partial charge in [-0.25, -0.2) is 0 Å². The van der Waals surface area contributed by atoms with E-state index in [-0.39, 0.29) is 0 Å². The van der Waals surface area contributed by atoms with Crippen LogP contribution in [0.25, 0.3) is 6.08 Å².